The van der Waals surface area contributed by atoms with Gasteiger partial charge in [-0.3, -0.25) is 9.98 Å². The molecule has 0 aliphatic heterocycles. The van der Waals surface area contributed by atoms with Crippen molar-refractivity contribution >= 4 is 5.96 Å². The highest BCUT2D eigenvalue weighted by Gasteiger charge is 2.13. The third kappa shape index (κ3) is 5.18. The lowest BCUT2D eigenvalue weighted by atomic mass is 9.91. The Bertz CT molecular complexity index is 762. The summed E-state index contributed by atoms with van der Waals surface area (Å²) >= 11 is 0. The maximum atomic E-state index is 6.06. The Hall–Kier alpha value is -3.14. The number of hydrogen-bond acceptors (Lipinski definition) is 2. The van der Waals surface area contributed by atoms with Crippen LogP contribution in [0.15, 0.2) is 90.1 Å². The van der Waals surface area contributed by atoms with Gasteiger partial charge in [-0.05, 0) is 23.3 Å². The fourth-order valence-corrected chi connectivity index (χ4v) is 2.88. The summed E-state index contributed by atoms with van der Waals surface area (Å²) in [6.07, 6.45) is 2.62. The van der Waals surface area contributed by atoms with Crippen LogP contribution in [0.25, 0.3) is 0 Å². The van der Waals surface area contributed by atoms with Crippen molar-refractivity contribution in [3.8, 4) is 0 Å². The van der Waals surface area contributed by atoms with Crippen LogP contribution in [-0.4, -0.2) is 24.0 Å². The molecule has 0 unspecified atom stereocenters. The lowest BCUT2D eigenvalue weighted by Gasteiger charge is -2.16. The number of aromatic nitrogens is 1. The van der Waals surface area contributed by atoms with E-state index in [1.54, 1.807) is 6.20 Å². The fraction of sp³-hybridized carbons (Fsp3) is 0.182. The van der Waals surface area contributed by atoms with Gasteiger partial charge in [0.2, 0.25) is 0 Å². The maximum absolute atomic E-state index is 6.06. The summed E-state index contributed by atoms with van der Waals surface area (Å²) in [5.74, 6) is 0.659. The van der Waals surface area contributed by atoms with Crippen molar-refractivity contribution in [3.05, 3.63) is 102 Å². The van der Waals surface area contributed by atoms with Crippen molar-refractivity contribution in [2.75, 3.05) is 13.1 Å². The van der Waals surface area contributed by atoms with Gasteiger partial charge in [0.05, 0.1) is 6.54 Å². The number of nitrogens with one attached hydrogen (secondary N) is 1. The van der Waals surface area contributed by atoms with Crippen LogP contribution in [0.4, 0.5) is 0 Å². The molecule has 0 atom stereocenters. The van der Waals surface area contributed by atoms with E-state index in [1.807, 2.05) is 30.3 Å². The molecule has 0 saturated carbocycles. The molecule has 3 rings (SSSR count). The number of pyridine rings is 1. The van der Waals surface area contributed by atoms with Crippen LogP contribution in [0.3, 0.4) is 0 Å². The van der Waals surface area contributed by atoms with Crippen LogP contribution in [-0.2, 0) is 6.42 Å². The van der Waals surface area contributed by atoms with Gasteiger partial charge in [0.1, 0.15) is 0 Å². The minimum Gasteiger partial charge on any atom is -0.370 e. The zero-order chi connectivity index (χ0) is 18.0. The first kappa shape index (κ1) is 17.7. The summed E-state index contributed by atoms with van der Waals surface area (Å²) in [6, 6.07) is 26.8. The van der Waals surface area contributed by atoms with Crippen LogP contribution < -0.4 is 11.1 Å². The average molecular weight is 344 g/mol. The van der Waals surface area contributed by atoms with Crippen molar-refractivity contribution in [2.45, 2.75) is 12.3 Å². The van der Waals surface area contributed by atoms with Crippen LogP contribution in [0, 0.1) is 0 Å². The lowest BCUT2D eigenvalue weighted by Crippen LogP contribution is -2.33. The van der Waals surface area contributed by atoms with Crippen molar-refractivity contribution in [1.29, 1.82) is 0 Å². The van der Waals surface area contributed by atoms with Gasteiger partial charge in [0.15, 0.2) is 5.96 Å². The molecule has 3 aromatic rings. The highest BCUT2D eigenvalue weighted by molar-refractivity contribution is 5.77. The molecular formula is C22H24N4. The van der Waals surface area contributed by atoms with E-state index in [0.717, 1.165) is 12.1 Å². The summed E-state index contributed by atoms with van der Waals surface area (Å²) in [5.41, 5.74) is 9.58. The highest BCUT2D eigenvalue weighted by atomic mass is 15.1. The van der Waals surface area contributed by atoms with Gasteiger partial charge in [0.25, 0.3) is 0 Å². The minimum atomic E-state index is 0.188. The molecule has 0 radical (unpaired) electrons. The first-order valence-electron chi connectivity index (χ1n) is 8.86. The number of hydrogen-bond donors (Lipinski definition) is 2. The molecule has 1 heterocycles. The summed E-state index contributed by atoms with van der Waals surface area (Å²) in [4.78, 5) is 8.88. The van der Waals surface area contributed by atoms with Crippen molar-refractivity contribution < 1.29 is 0 Å². The summed E-state index contributed by atoms with van der Waals surface area (Å²) in [6.45, 7) is 1.32. The van der Waals surface area contributed by atoms with Crippen molar-refractivity contribution in [2.24, 2.45) is 10.7 Å². The molecule has 1 aromatic heterocycles. The molecule has 0 aliphatic carbocycles. The van der Waals surface area contributed by atoms with Gasteiger partial charge >= 0.3 is 0 Å². The van der Waals surface area contributed by atoms with Crippen molar-refractivity contribution in [1.82, 2.24) is 10.3 Å². The average Bonchev–Trinajstić information content (AvgIpc) is 2.71. The van der Waals surface area contributed by atoms with Gasteiger partial charge < -0.3 is 11.1 Å². The second kappa shape index (κ2) is 9.37. The van der Waals surface area contributed by atoms with E-state index in [9.17, 15) is 0 Å². The first-order chi connectivity index (χ1) is 12.8. The molecule has 2 aromatic carbocycles. The number of rotatable bonds is 7. The van der Waals surface area contributed by atoms with Crippen molar-refractivity contribution in [3.63, 3.8) is 0 Å². The third-order valence-corrected chi connectivity index (χ3v) is 4.26. The summed E-state index contributed by atoms with van der Waals surface area (Å²) < 4.78 is 0. The molecule has 0 aliphatic rings. The SMILES string of the molecule is NC(=NCC(c1ccccc1)c1ccccc1)NCCc1ccccn1. The molecular weight excluding hydrogens is 320 g/mol. The number of nitrogens with two attached hydrogens (primary N) is 1. The molecule has 0 bridgehead atoms. The van der Waals surface area contributed by atoms with E-state index in [4.69, 9.17) is 5.73 Å². The molecule has 3 N–H and O–H groups in total. The normalized spacial score (nSPS) is 11.5. The van der Waals surface area contributed by atoms with E-state index in [2.05, 4.69) is 63.8 Å². The van der Waals surface area contributed by atoms with E-state index in [-0.39, 0.29) is 5.92 Å². The molecule has 0 fully saturated rings. The van der Waals surface area contributed by atoms with Gasteiger partial charge in [-0.25, -0.2) is 0 Å². The first-order valence-corrected chi connectivity index (χ1v) is 8.86. The number of guanidine groups is 1. The van der Waals surface area contributed by atoms with Gasteiger partial charge in [-0.15, -0.1) is 0 Å². The molecule has 4 nitrogen and oxygen atoms in total. The van der Waals surface area contributed by atoms with Crippen LogP contribution in [0.2, 0.25) is 0 Å². The standard InChI is InChI=1S/C22H24N4/c23-22(25-16-14-20-13-7-8-15-24-20)26-17-21(18-9-3-1-4-10-18)19-11-5-2-6-12-19/h1-13,15,21H,14,16-17H2,(H3,23,25,26). The maximum Gasteiger partial charge on any atom is 0.188 e. The largest absolute Gasteiger partial charge is 0.370 e. The zero-order valence-electron chi connectivity index (χ0n) is 14.8. The Morgan fingerprint density at radius 3 is 2.08 bits per heavy atom. The fourth-order valence-electron chi connectivity index (χ4n) is 2.88. The Kier molecular flexibility index (Phi) is 6.37. The Labute approximate surface area is 154 Å². The van der Waals surface area contributed by atoms with E-state index < -0.39 is 0 Å². The zero-order valence-corrected chi connectivity index (χ0v) is 14.8. The number of benzene rings is 2. The number of nitrogens with zero attached hydrogens (tertiary/aromatic N) is 2. The topological polar surface area (TPSA) is 63.3 Å². The second-order valence-electron chi connectivity index (χ2n) is 6.10. The van der Waals surface area contributed by atoms with E-state index >= 15 is 0 Å². The quantitative estimate of drug-likeness (QED) is 0.510. The predicted octanol–water partition coefficient (Wildman–Crippen LogP) is 3.36. The van der Waals surface area contributed by atoms with E-state index in [1.165, 1.54) is 11.1 Å². The van der Waals surface area contributed by atoms with Crippen LogP contribution in [0.5, 0.6) is 0 Å². The number of aliphatic imine (C=N–C) groups is 1. The van der Waals surface area contributed by atoms with E-state index in [0.29, 0.717) is 19.0 Å². The highest BCUT2D eigenvalue weighted by Crippen LogP contribution is 2.24. The summed E-state index contributed by atoms with van der Waals surface area (Å²) in [5, 5.41) is 3.18. The third-order valence-electron chi connectivity index (χ3n) is 4.26. The molecule has 0 saturated heterocycles. The van der Waals surface area contributed by atoms with Gasteiger partial charge in [0, 0.05) is 30.8 Å². The monoisotopic (exact) mass is 344 g/mol. The molecule has 0 spiro atoms. The molecule has 4 heteroatoms. The molecule has 132 valence electrons. The Morgan fingerprint density at radius 2 is 1.50 bits per heavy atom. The second-order valence-corrected chi connectivity index (χ2v) is 6.10. The Balaban J connectivity index is 1.62. The van der Waals surface area contributed by atoms with Crippen LogP contribution >= 0.6 is 0 Å². The molecule has 26 heavy (non-hydrogen) atoms. The minimum absolute atomic E-state index is 0.188. The van der Waals surface area contributed by atoms with Gasteiger partial charge in [-0.1, -0.05) is 66.7 Å². The molecule has 0 amide bonds. The summed E-state index contributed by atoms with van der Waals surface area (Å²) in [7, 11) is 0. The predicted molar refractivity (Wildman–Crippen MR) is 107 cm³/mol. The van der Waals surface area contributed by atoms with Crippen LogP contribution in [0.1, 0.15) is 22.7 Å². The van der Waals surface area contributed by atoms with Gasteiger partial charge in [-0.2, -0.15) is 0 Å². The Morgan fingerprint density at radius 1 is 0.885 bits per heavy atom. The lowest BCUT2D eigenvalue weighted by molar-refractivity contribution is 0.792. The smallest absolute Gasteiger partial charge is 0.188 e.